The van der Waals surface area contributed by atoms with E-state index in [4.69, 9.17) is 0 Å². The number of hydrogen-bond acceptors (Lipinski definition) is 2. The molecule has 3 heteroatoms. The number of rotatable bonds is 7. The molecule has 0 aliphatic heterocycles. The molecule has 1 atom stereocenters. The van der Waals surface area contributed by atoms with Gasteiger partial charge in [0, 0.05) is 19.6 Å². The fourth-order valence-corrected chi connectivity index (χ4v) is 3.08. The van der Waals surface area contributed by atoms with Gasteiger partial charge in [0.15, 0.2) is 0 Å². The quantitative estimate of drug-likeness (QED) is 0.767. The van der Waals surface area contributed by atoms with Gasteiger partial charge in [-0.25, -0.2) is 0 Å². The van der Waals surface area contributed by atoms with Crippen molar-refractivity contribution in [1.29, 1.82) is 0 Å². The summed E-state index contributed by atoms with van der Waals surface area (Å²) in [6, 6.07) is 18.2. The van der Waals surface area contributed by atoms with Gasteiger partial charge < -0.3 is 4.90 Å². The number of benzene rings is 2. The van der Waals surface area contributed by atoms with Crippen LogP contribution in [0.4, 0.5) is 0 Å². The molecule has 1 amide bonds. The summed E-state index contributed by atoms with van der Waals surface area (Å²) in [5.74, 6) is 0.169. The van der Waals surface area contributed by atoms with E-state index in [9.17, 15) is 4.79 Å². The highest BCUT2D eigenvalue weighted by Gasteiger charge is 2.28. The zero-order chi connectivity index (χ0) is 17.5. The molecule has 0 bridgehead atoms. The molecule has 3 nitrogen and oxygen atoms in total. The third-order valence-electron chi connectivity index (χ3n) is 4.55. The number of nitrogens with zero attached hydrogens (tertiary/aromatic N) is 2. The SMILES string of the molecule is CCN(CC)C(=O)C(c1ccccc1)N(C)Cc1ccccc1C. The fraction of sp³-hybridized carbons (Fsp3) is 0.381. The summed E-state index contributed by atoms with van der Waals surface area (Å²) in [7, 11) is 2.03. The molecule has 1 unspecified atom stereocenters. The first-order valence-corrected chi connectivity index (χ1v) is 8.66. The number of hydrogen-bond donors (Lipinski definition) is 0. The van der Waals surface area contributed by atoms with Gasteiger partial charge in [0.25, 0.3) is 0 Å². The van der Waals surface area contributed by atoms with Crippen molar-refractivity contribution in [3.8, 4) is 0 Å². The van der Waals surface area contributed by atoms with E-state index in [1.54, 1.807) is 0 Å². The molecule has 0 aliphatic rings. The largest absolute Gasteiger partial charge is 0.342 e. The van der Waals surface area contributed by atoms with Crippen molar-refractivity contribution in [2.24, 2.45) is 0 Å². The number of carbonyl (C=O) groups is 1. The molecule has 24 heavy (non-hydrogen) atoms. The summed E-state index contributed by atoms with van der Waals surface area (Å²) < 4.78 is 0. The summed E-state index contributed by atoms with van der Waals surface area (Å²) in [6.45, 7) is 8.40. The normalized spacial score (nSPS) is 12.2. The number of aryl methyl sites for hydroxylation is 1. The van der Waals surface area contributed by atoms with Crippen molar-refractivity contribution in [1.82, 2.24) is 9.80 Å². The molecule has 0 spiro atoms. The van der Waals surface area contributed by atoms with Crippen LogP contribution in [0.2, 0.25) is 0 Å². The van der Waals surface area contributed by atoms with Gasteiger partial charge in [-0.15, -0.1) is 0 Å². The minimum atomic E-state index is -0.259. The third-order valence-corrected chi connectivity index (χ3v) is 4.55. The second kappa shape index (κ2) is 8.65. The van der Waals surface area contributed by atoms with Crippen LogP contribution in [0.5, 0.6) is 0 Å². The van der Waals surface area contributed by atoms with Crippen LogP contribution >= 0.6 is 0 Å². The minimum absolute atomic E-state index is 0.169. The molecule has 2 rings (SSSR count). The Balaban J connectivity index is 2.31. The Morgan fingerprint density at radius 1 is 0.958 bits per heavy atom. The zero-order valence-electron chi connectivity index (χ0n) is 15.2. The second-order valence-corrected chi connectivity index (χ2v) is 6.17. The van der Waals surface area contributed by atoms with E-state index >= 15 is 0 Å². The summed E-state index contributed by atoms with van der Waals surface area (Å²) in [5, 5.41) is 0. The van der Waals surface area contributed by atoms with Crippen LogP contribution in [0.3, 0.4) is 0 Å². The Morgan fingerprint density at radius 2 is 1.54 bits per heavy atom. The van der Waals surface area contributed by atoms with Crippen LogP contribution in [-0.4, -0.2) is 35.8 Å². The minimum Gasteiger partial charge on any atom is -0.342 e. The molecule has 2 aromatic carbocycles. The highest BCUT2D eigenvalue weighted by atomic mass is 16.2. The van der Waals surface area contributed by atoms with Crippen LogP contribution in [0.1, 0.15) is 36.6 Å². The average molecular weight is 324 g/mol. The van der Waals surface area contributed by atoms with Gasteiger partial charge in [0.05, 0.1) is 0 Å². The first-order valence-electron chi connectivity index (χ1n) is 8.66. The summed E-state index contributed by atoms with van der Waals surface area (Å²) >= 11 is 0. The maximum absolute atomic E-state index is 13.1. The van der Waals surface area contributed by atoms with Crippen LogP contribution in [0.25, 0.3) is 0 Å². The lowest BCUT2D eigenvalue weighted by Crippen LogP contribution is -2.41. The second-order valence-electron chi connectivity index (χ2n) is 6.17. The van der Waals surface area contributed by atoms with Crippen LogP contribution in [0.15, 0.2) is 54.6 Å². The maximum Gasteiger partial charge on any atom is 0.244 e. The number of likely N-dealkylation sites (N-methyl/N-ethyl adjacent to an activating group) is 2. The molecular weight excluding hydrogens is 296 g/mol. The van der Waals surface area contributed by atoms with E-state index in [2.05, 4.69) is 36.1 Å². The molecular formula is C21H28N2O. The molecule has 2 aromatic rings. The maximum atomic E-state index is 13.1. The van der Waals surface area contributed by atoms with E-state index in [-0.39, 0.29) is 11.9 Å². The standard InChI is InChI=1S/C21H28N2O/c1-5-23(6-2)21(24)20(18-13-8-7-9-14-18)22(4)16-19-15-11-10-12-17(19)3/h7-15,20H,5-6,16H2,1-4H3. The van der Waals surface area contributed by atoms with Gasteiger partial charge in [0.2, 0.25) is 5.91 Å². The van der Waals surface area contributed by atoms with Crippen molar-refractivity contribution in [3.05, 3.63) is 71.3 Å². The number of carbonyl (C=O) groups excluding carboxylic acids is 1. The summed E-state index contributed by atoms with van der Waals surface area (Å²) in [5.41, 5.74) is 3.56. The van der Waals surface area contributed by atoms with E-state index in [1.165, 1.54) is 11.1 Å². The third kappa shape index (κ3) is 4.24. The van der Waals surface area contributed by atoms with Gasteiger partial charge in [-0.3, -0.25) is 9.69 Å². The Morgan fingerprint density at radius 3 is 2.12 bits per heavy atom. The predicted molar refractivity (Wildman–Crippen MR) is 99.8 cm³/mol. The van der Waals surface area contributed by atoms with Crippen molar-refractivity contribution >= 4 is 5.91 Å². The van der Waals surface area contributed by atoms with E-state index in [1.807, 2.05) is 56.1 Å². The predicted octanol–water partition coefficient (Wildman–Crippen LogP) is 4.04. The van der Waals surface area contributed by atoms with Crippen molar-refractivity contribution < 1.29 is 4.79 Å². The summed E-state index contributed by atoms with van der Waals surface area (Å²) in [6.07, 6.45) is 0. The van der Waals surface area contributed by atoms with Crippen molar-refractivity contribution in [3.63, 3.8) is 0 Å². The van der Waals surface area contributed by atoms with Gasteiger partial charge >= 0.3 is 0 Å². The van der Waals surface area contributed by atoms with Gasteiger partial charge in [-0.1, -0.05) is 54.6 Å². The van der Waals surface area contributed by atoms with Gasteiger partial charge in [-0.2, -0.15) is 0 Å². The summed E-state index contributed by atoms with van der Waals surface area (Å²) in [4.78, 5) is 17.2. The Labute approximate surface area is 145 Å². The van der Waals surface area contributed by atoms with Crippen LogP contribution in [0, 0.1) is 6.92 Å². The molecule has 0 radical (unpaired) electrons. The lowest BCUT2D eigenvalue weighted by atomic mass is 10.0. The monoisotopic (exact) mass is 324 g/mol. The topological polar surface area (TPSA) is 23.6 Å². The van der Waals surface area contributed by atoms with E-state index in [0.29, 0.717) is 0 Å². The lowest BCUT2D eigenvalue weighted by molar-refractivity contribution is -0.136. The van der Waals surface area contributed by atoms with Crippen LogP contribution in [-0.2, 0) is 11.3 Å². The van der Waals surface area contributed by atoms with Gasteiger partial charge in [0.1, 0.15) is 6.04 Å². The molecule has 0 aliphatic carbocycles. The first-order chi connectivity index (χ1) is 11.6. The Bertz CT molecular complexity index is 650. The highest BCUT2D eigenvalue weighted by Crippen LogP contribution is 2.24. The molecule has 0 fully saturated rings. The van der Waals surface area contributed by atoms with E-state index in [0.717, 1.165) is 25.2 Å². The Kier molecular flexibility index (Phi) is 6.56. The average Bonchev–Trinajstić information content (AvgIpc) is 2.59. The molecule has 0 heterocycles. The number of amides is 1. The smallest absolute Gasteiger partial charge is 0.244 e. The fourth-order valence-electron chi connectivity index (χ4n) is 3.08. The van der Waals surface area contributed by atoms with E-state index < -0.39 is 0 Å². The van der Waals surface area contributed by atoms with Crippen molar-refractivity contribution in [2.75, 3.05) is 20.1 Å². The zero-order valence-corrected chi connectivity index (χ0v) is 15.2. The molecule has 0 aromatic heterocycles. The molecule has 0 N–H and O–H groups in total. The van der Waals surface area contributed by atoms with Crippen molar-refractivity contribution in [2.45, 2.75) is 33.4 Å². The lowest BCUT2D eigenvalue weighted by Gasteiger charge is -2.32. The molecule has 128 valence electrons. The highest BCUT2D eigenvalue weighted by molar-refractivity contribution is 5.83. The first kappa shape index (κ1) is 18.2. The molecule has 0 saturated carbocycles. The molecule has 0 saturated heterocycles. The Hall–Kier alpha value is -2.13. The van der Waals surface area contributed by atoms with Gasteiger partial charge in [-0.05, 0) is 44.5 Å². The van der Waals surface area contributed by atoms with Crippen LogP contribution < -0.4 is 0 Å².